The van der Waals surface area contributed by atoms with Crippen LogP contribution in [0.15, 0.2) is 36.4 Å². The Bertz CT molecular complexity index is 484. The predicted octanol–water partition coefficient (Wildman–Crippen LogP) is 5.85. The third-order valence-corrected chi connectivity index (χ3v) is 5.09. The summed E-state index contributed by atoms with van der Waals surface area (Å²) in [7, 11) is 0. The summed E-state index contributed by atoms with van der Waals surface area (Å²) >= 11 is 0. The Labute approximate surface area is 136 Å². The van der Waals surface area contributed by atoms with E-state index >= 15 is 0 Å². The molecule has 0 unspecified atom stereocenters. The summed E-state index contributed by atoms with van der Waals surface area (Å²) in [6, 6.07) is 11.2. The van der Waals surface area contributed by atoms with Gasteiger partial charge < -0.3 is 0 Å². The van der Waals surface area contributed by atoms with Crippen LogP contribution in [0.3, 0.4) is 0 Å². The molecule has 0 spiro atoms. The zero-order chi connectivity index (χ0) is 15.6. The summed E-state index contributed by atoms with van der Waals surface area (Å²) in [4.78, 5) is 0. The number of hydrogen-bond acceptors (Lipinski definition) is 1. The van der Waals surface area contributed by atoms with Gasteiger partial charge in [-0.3, -0.25) is 0 Å². The lowest BCUT2D eigenvalue weighted by Crippen LogP contribution is -2.13. The third-order valence-electron chi connectivity index (χ3n) is 5.09. The normalized spacial score (nSPS) is 21.8. The van der Waals surface area contributed by atoms with E-state index in [0.29, 0.717) is 5.92 Å². The lowest BCUT2D eigenvalue weighted by molar-refractivity contribution is 0.289. The molecule has 0 atom stereocenters. The van der Waals surface area contributed by atoms with Crippen molar-refractivity contribution in [3.8, 4) is 6.07 Å². The SMILES string of the molecule is CCc1ccc(CCCCC2CCC(C=CC#N)CC2)cc1. The van der Waals surface area contributed by atoms with Crippen LogP contribution in [0.25, 0.3) is 0 Å². The maximum Gasteiger partial charge on any atom is 0.0908 e. The second-order valence-electron chi connectivity index (χ2n) is 6.68. The molecule has 0 saturated heterocycles. The maximum absolute atomic E-state index is 8.58. The van der Waals surface area contributed by atoms with Gasteiger partial charge in [0.2, 0.25) is 0 Å². The molecule has 0 radical (unpaired) electrons. The Morgan fingerprint density at radius 2 is 1.73 bits per heavy atom. The number of nitrogens with zero attached hydrogens (tertiary/aromatic N) is 1. The number of rotatable bonds is 7. The number of unbranched alkanes of at least 4 members (excludes halogenated alkanes) is 1. The monoisotopic (exact) mass is 295 g/mol. The zero-order valence-electron chi connectivity index (χ0n) is 13.9. The quantitative estimate of drug-likeness (QED) is 0.457. The molecule has 1 saturated carbocycles. The van der Waals surface area contributed by atoms with Gasteiger partial charge in [0.15, 0.2) is 0 Å². The summed E-state index contributed by atoms with van der Waals surface area (Å²) in [5.74, 6) is 1.59. The minimum atomic E-state index is 0.660. The van der Waals surface area contributed by atoms with E-state index in [9.17, 15) is 0 Å². The van der Waals surface area contributed by atoms with Crippen LogP contribution in [-0.4, -0.2) is 0 Å². The number of hydrogen-bond donors (Lipinski definition) is 0. The summed E-state index contributed by atoms with van der Waals surface area (Å²) in [5.41, 5.74) is 2.92. The van der Waals surface area contributed by atoms with E-state index in [-0.39, 0.29) is 0 Å². The third kappa shape index (κ3) is 5.68. The highest BCUT2D eigenvalue weighted by Crippen LogP contribution is 2.32. The van der Waals surface area contributed by atoms with Gasteiger partial charge in [0.25, 0.3) is 0 Å². The average Bonchev–Trinajstić information content (AvgIpc) is 2.58. The summed E-state index contributed by atoms with van der Waals surface area (Å²) in [5, 5.41) is 8.58. The number of nitriles is 1. The summed E-state index contributed by atoms with van der Waals surface area (Å²) in [6.07, 6.45) is 15.5. The van der Waals surface area contributed by atoms with Crippen LogP contribution in [0, 0.1) is 23.2 Å². The van der Waals surface area contributed by atoms with Crippen molar-refractivity contribution < 1.29 is 0 Å². The van der Waals surface area contributed by atoms with E-state index < -0.39 is 0 Å². The molecule has 22 heavy (non-hydrogen) atoms. The van der Waals surface area contributed by atoms with Crippen molar-refractivity contribution >= 4 is 0 Å². The lowest BCUT2D eigenvalue weighted by atomic mass is 9.79. The Morgan fingerprint density at radius 3 is 2.36 bits per heavy atom. The molecule has 1 aromatic rings. The van der Waals surface area contributed by atoms with Crippen molar-refractivity contribution in [3.63, 3.8) is 0 Å². The van der Waals surface area contributed by atoms with Crippen molar-refractivity contribution in [2.24, 2.45) is 11.8 Å². The highest BCUT2D eigenvalue weighted by atomic mass is 14.3. The second-order valence-corrected chi connectivity index (χ2v) is 6.68. The first-order chi connectivity index (χ1) is 10.8. The van der Waals surface area contributed by atoms with Crippen LogP contribution in [0.2, 0.25) is 0 Å². The molecule has 0 aromatic heterocycles. The largest absolute Gasteiger partial charge is 0.193 e. The van der Waals surface area contributed by atoms with Crippen molar-refractivity contribution in [3.05, 3.63) is 47.5 Å². The van der Waals surface area contributed by atoms with Crippen molar-refractivity contribution in [1.29, 1.82) is 5.26 Å². The van der Waals surface area contributed by atoms with E-state index in [1.165, 1.54) is 62.5 Å². The molecule has 0 N–H and O–H groups in total. The zero-order valence-corrected chi connectivity index (χ0v) is 13.9. The summed E-state index contributed by atoms with van der Waals surface area (Å²) < 4.78 is 0. The molecule has 0 aliphatic heterocycles. The molecule has 1 fully saturated rings. The fraction of sp³-hybridized carbons (Fsp3) is 0.571. The smallest absolute Gasteiger partial charge is 0.0908 e. The molecule has 0 amide bonds. The van der Waals surface area contributed by atoms with E-state index in [4.69, 9.17) is 5.26 Å². The number of aryl methyl sites for hydroxylation is 2. The van der Waals surface area contributed by atoms with Crippen LogP contribution >= 0.6 is 0 Å². The summed E-state index contributed by atoms with van der Waals surface area (Å²) in [6.45, 7) is 2.21. The average molecular weight is 295 g/mol. The van der Waals surface area contributed by atoms with Crippen LogP contribution in [0.5, 0.6) is 0 Å². The molecule has 1 nitrogen and oxygen atoms in total. The van der Waals surface area contributed by atoms with Crippen molar-refractivity contribution in [2.45, 2.75) is 64.7 Å². The minimum Gasteiger partial charge on any atom is -0.193 e. The molecule has 118 valence electrons. The van der Waals surface area contributed by atoms with E-state index in [0.717, 1.165) is 12.3 Å². The van der Waals surface area contributed by atoms with E-state index in [1.54, 1.807) is 6.08 Å². The lowest BCUT2D eigenvalue weighted by Gasteiger charge is -2.26. The van der Waals surface area contributed by atoms with Crippen molar-refractivity contribution in [1.82, 2.24) is 0 Å². The fourth-order valence-corrected chi connectivity index (χ4v) is 3.55. The molecule has 0 heterocycles. The van der Waals surface area contributed by atoms with Gasteiger partial charge in [-0.2, -0.15) is 5.26 Å². The Kier molecular flexibility index (Phi) is 7.23. The number of benzene rings is 1. The topological polar surface area (TPSA) is 23.8 Å². The molecule has 1 aliphatic carbocycles. The van der Waals surface area contributed by atoms with Gasteiger partial charge in [0.05, 0.1) is 6.07 Å². The number of allylic oxidation sites excluding steroid dienone is 2. The van der Waals surface area contributed by atoms with E-state index in [1.807, 2.05) is 0 Å². The van der Waals surface area contributed by atoms with Crippen LogP contribution < -0.4 is 0 Å². The fourth-order valence-electron chi connectivity index (χ4n) is 3.55. The van der Waals surface area contributed by atoms with Gasteiger partial charge in [0, 0.05) is 6.08 Å². The molecule has 2 rings (SSSR count). The highest BCUT2D eigenvalue weighted by molar-refractivity contribution is 5.22. The first-order valence-corrected chi connectivity index (χ1v) is 8.96. The second kappa shape index (κ2) is 9.46. The molecular formula is C21H29N. The molecule has 1 aromatic carbocycles. The highest BCUT2D eigenvalue weighted by Gasteiger charge is 2.18. The first kappa shape index (κ1) is 16.8. The minimum absolute atomic E-state index is 0.660. The maximum atomic E-state index is 8.58. The van der Waals surface area contributed by atoms with Gasteiger partial charge in [-0.05, 0) is 67.9 Å². The Morgan fingerprint density at radius 1 is 1.05 bits per heavy atom. The van der Waals surface area contributed by atoms with Crippen LogP contribution in [0.1, 0.15) is 63.0 Å². The first-order valence-electron chi connectivity index (χ1n) is 8.96. The molecule has 1 heteroatoms. The Balaban J connectivity index is 1.59. The van der Waals surface area contributed by atoms with Gasteiger partial charge in [-0.15, -0.1) is 0 Å². The predicted molar refractivity (Wildman–Crippen MR) is 93.6 cm³/mol. The molecular weight excluding hydrogens is 266 g/mol. The molecule has 0 bridgehead atoms. The van der Waals surface area contributed by atoms with Gasteiger partial charge in [-0.25, -0.2) is 0 Å². The van der Waals surface area contributed by atoms with Gasteiger partial charge in [0.1, 0.15) is 0 Å². The van der Waals surface area contributed by atoms with Gasteiger partial charge in [-0.1, -0.05) is 50.1 Å². The van der Waals surface area contributed by atoms with Gasteiger partial charge >= 0.3 is 0 Å². The van der Waals surface area contributed by atoms with E-state index in [2.05, 4.69) is 43.3 Å². The molecule has 1 aliphatic rings. The van der Waals surface area contributed by atoms with Crippen LogP contribution in [-0.2, 0) is 12.8 Å². The van der Waals surface area contributed by atoms with Crippen LogP contribution in [0.4, 0.5) is 0 Å². The van der Waals surface area contributed by atoms with Crippen molar-refractivity contribution in [2.75, 3.05) is 0 Å². The standard InChI is InChI=1S/C21H29N/c1-2-18-9-11-19(12-10-18)6-3-4-7-20-13-15-21(16-14-20)8-5-17-22/h5,8-12,20-21H,2-4,6-7,13-16H2,1H3. The Hall–Kier alpha value is -1.55.